The largest absolute Gasteiger partial charge is 0.495 e. The summed E-state index contributed by atoms with van der Waals surface area (Å²) in [7, 11) is 1.53. The molecule has 0 saturated carbocycles. The van der Waals surface area contributed by atoms with Crippen LogP contribution in [0.1, 0.15) is 15.9 Å². The molecule has 18 heavy (non-hydrogen) atoms. The normalized spacial score (nSPS) is 10.2. The molecule has 0 N–H and O–H groups in total. The molecule has 0 aliphatic carbocycles. The fourth-order valence-electron chi connectivity index (χ4n) is 1.57. The van der Waals surface area contributed by atoms with E-state index >= 15 is 0 Å². The molecule has 2 rings (SSSR count). The van der Waals surface area contributed by atoms with Crippen LogP contribution in [-0.4, -0.2) is 12.9 Å². The van der Waals surface area contributed by atoms with Crippen molar-refractivity contribution in [3.8, 4) is 5.75 Å². The van der Waals surface area contributed by atoms with Crippen molar-refractivity contribution in [1.82, 2.24) is 0 Å². The molecule has 92 valence electrons. The summed E-state index contributed by atoms with van der Waals surface area (Å²) in [5, 5.41) is 0.497. The Morgan fingerprint density at radius 3 is 2.33 bits per heavy atom. The minimum atomic E-state index is -0.0404. The fourth-order valence-corrected chi connectivity index (χ4v) is 2.12. The van der Waals surface area contributed by atoms with E-state index in [0.717, 1.165) is 3.57 Å². The molecule has 0 fully saturated rings. The number of ketones is 1. The highest BCUT2D eigenvalue weighted by molar-refractivity contribution is 14.1. The van der Waals surface area contributed by atoms with Crippen LogP contribution in [0.15, 0.2) is 42.5 Å². The van der Waals surface area contributed by atoms with Gasteiger partial charge in [0.05, 0.1) is 12.1 Å². The average molecular weight is 373 g/mol. The number of hydrogen-bond acceptors (Lipinski definition) is 2. The van der Waals surface area contributed by atoms with Crippen LogP contribution in [0.2, 0.25) is 5.02 Å². The molecular formula is C14H10ClIO2. The van der Waals surface area contributed by atoms with E-state index in [1.165, 1.54) is 7.11 Å². The van der Waals surface area contributed by atoms with E-state index in [2.05, 4.69) is 22.6 Å². The van der Waals surface area contributed by atoms with Crippen molar-refractivity contribution >= 4 is 40.0 Å². The minimum absolute atomic E-state index is 0.0404. The lowest BCUT2D eigenvalue weighted by molar-refractivity contribution is 0.103. The maximum Gasteiger partial charge on any atom is 0.193 e. The van der Waals surface area contributed by atoms with Gasteiger partial charge in [-0.2, -0.15) is 0 Å². The Balaban J connectivity index is 2.37. The molecular weight excluding hydrogens is 363 g/mol. The minimum Gasteiger partial charge on any atom is -0.495 e. The predicted molar refractivity (Wildman–Crippen MR) is 80.6 cm³/mol. The summed E-state index contributed by atoms with van der Waals surface area (Å²) in [4.78, 5) is 12.2. The SMILES string of the molecule is COc1cc(C(=O)c2ccc(I)cc2)ccc1Cl. The lowest BCUT2D eigenvalue weighted by Crippen LogP contribution is -2.01. The van der Waals surface area contributed by atoms with Crippen LogP contribution < -0.4 is 4.74 Å². The first-order valence-electron chi connectivity index (χ1n) is 5.25. The molecule has 4 heteroatoms. The highest BCUT2D eigenvalue weighted by atomic mass is 127. The molecule has 0 spiro atoms. The van der Waals surface area contributed by atoms with Gasteiger partial charge >= 0.3 is 0 Å². The van der Waals surface area contributed by atoms with Crippen LogP contribution in [0, 0.1) is 3.57 Å². The molecule has 0 heterocycles. The van der Waals surface area contributed by atoms with Crippen LogP contribution >= 0.6 is 34.2 Å². The van der Waals surface area contributed by atoms with Crippen LogP contribution in [-0.2, 0) is 0 Å². The van der Waals surface area contributed by atoms with Gasteiger partial charge in [0.25, 0.3) is 0 Å². The summed E-state index contributed by atoms with van der Waals surface area (Å²) in [6, 6.07) is 12.5. The van der Waals surface area contributed by atoms with Gasteiger partial charge in [-0.05, 0) is 65.1 Å². The second kappa shape index (κ2) is 5.71. The van der Waals surface area contributed by atoms with Gasteiger partial charge in [-0.1, -0.05) is 11.6 Å². The number of carbonyl (C=O) groups is 1. The number of methoxy groups -OCH3 is 1. The molecule has 2 aromatic carbocycles. The van der Waals surface area contributed by atoms with Crippen molar-refractivity contribution in [1.29, 1.82) is 0 Å². The monoisotopic (exact) mass is 372 g/mol. The van der Waals surface area contributed by atoms with Gasteiger partial charge in [0.15, 0.2) is 5.78 Å². The average Bonchev–Trinajstić information content (AvgIpc) is 2.39. The van der Waals surface area contributed by atoms with Crippen LogP contribution in [0.3, 0.4) is 0 Å². The molecule has 2 aromatic rings. The van der Waals surface area contributed by atoms with Gasteiger partial charge in [-0.3, -0.25) is 4.79 Å². The van der Waals surface area contributed by atoms with Gasteiger partial charge in [0.2, 0.25) is 0 Å². The number of halogens is 2. The summed E-state index contributed by atoms with van der Waals surface area (Å²) in [5.41, 5.74) is 1.22. The Kier molecular flexibility index (Phi) is 4.24. The summed E-state index contributed by atoms with van der Waals surface area (Å²) in [6.07, 6.45) is 0. The van der Waals surface area contributed by atoms with E-state index in [1.54, 1.807) is 18.2 Å². The number of hydrogen-bond donors (Lipinski definition) is 0. The van der Waals surface area contributed by atoms with Gasteiger partial charge in [0.1, 0.15) is 5.75 Å². The summed E-state index contributed by atoms with van der Waals surface area (Å²) in [5.74, 6) is 0.467. The molecule has 0 radical (unpaired) electrons. The number of rotatable bonds is 3. The van der Waals surface area contributed by atoms with Gasteiger partial charge in [-0.15, -0.1) is 0 Å². The zero-order valence-corrected chi connectivity index (χ0v) is 12.5. The molecule has 0 aliphatic heterocycles. The maximum atomic E-state index is 12.2. The number of ether oxygens (including phenoxy) is 1. The lowest BCUT2D eigenvalue weighted by atomic mass is 10.0. The first kappa shape index (κ1) is 13.4. The summed E-state index contributed by atoms with van der Waals surface area (Å²) >= 11 is 8.13. The molecule has 0 bridgehead atoms. The Morgan fingerprint density at radius 2 is 1.72 bits per heavy atom. The first-order chi connectivity index (χ1) is 8.61. The lowest BCUT2D eigenvalue weighted by Gasteiger charge is -2.06. The zero-order valence-electron chi connectivity index (χ0n) is 9.61. The van der Waals surface area contributed by atoms with E-state index in [0.29, 0.717) is 21.9 Å². The molecule has 0 aromatic heterocycles. The van der Waals surface area contributed by atoms with Crippen LogP contribution in [0.5, 0.6) is 5.75 Å². The fraction of sp³-hybridized carbons (Fsp3) is 0.0714. The quantitative estimate of drug-likeness (QED) is 0.597. The van der Waals surface area contributed by atoms with Crippen molar-refractivity contribution in [2.24, 2.45) is 0 Å². The zero-order chi connectivity index (χ0) is 13.1. The molecule has 0 atom stereocenters. The van der Waals surface area contributed by atoms with Crippen LogP contribution in [0.25, 0.3) is 0 Å². The molecule has 2 nitrogen and oxygen atoms in total. The molecule has 0 amide bonds. The van der Waals surface area contributed by atoms with E-state index in [-0.39, 0.29) is 5.78 Å². The van der Waals surface area contributed by atoms with Gasteiger partial charge in [-0.25, -0.2) is 0 Å². The highest BCUT2D eigenvalue weighted by Crippen LogP contribution is 2.26. The van der Waals surface area contributed by atoms with Crippen LogP contribution in [0.4, 0.5) is 0 Å². The van der Waals surface area contributed by atoms with Gasteiger partial charge < -0.3 is 4.74 Å². The standard InChI is InChI=1S/C14H10ClIO2/c1-18-13-8-10(4-7-12(13)15)14(17)9-2-5-11(16)6-3-9/h2-8H,1H3. The topological polar surface area (TPSA) is 26.3 Å². The third-order valence-corrected chi connectivity index (χ3v) is 3.55. The maximum absolute atomic E-state index is 12.2. The van der Waals surface area contributed by atoms with Gasteiger partial charge in [0, 0.05) is 14.7 Å². The molecule has 0 unspecified atom stereocenters. The Morgan fingerprint density at radius 1 is 1.11 bits per heavy atom. The number of benzene rings is 2. The second-order valence-corrected chi connectivity index (χ2v) is 5.34. The number of carbonyl (C=O) groups excluding carboxylic acids is 1. The van der Waals surface area contributed by atoms with Crippen molar-refractivity contribution < 1.29 is 9.53 Å². The van der Waals surface area contributed by atoms with Crippen molar-refractivity contribution in [3.63, 3.8) is 0 Å². The van der Waals surface area contributed by atoms with E-state index in [1.807, 2.05) is 24.3 Å². The Bertz CT molecular complexity index is 579. The molecule has 0 saturated heterocycles. The third-order valence-electron chi connectivity index (χ3n) is 2.52. The highest BCUT2D eigenvalue weighted by Gasteiger charge is 2.11. The summed E-state index contributed by atoms with van der Waals surface area (Å²) in [6.45, 7) is 0. The van der Waals surface area contributed by atoms with Crippen molar-refractivity contribution in [2.45, 2.75) is 0 Å². The van der Waals surface area contributed by atoms with E-state index in [9.17, 15) is 4.79 Å². The van der Waals surface area contributed by atoms with Crippen molar-refractivity contribution in [2.75, 3.05) is 7.11 Å². The second-order valence-electron chi connectivity index (χ2n) is 3.69. The van der Waals surface area contributed by atoms with E-state index < -0.39 is 0 Å². The Hall–Kier alpha value is -1.07. The first-order valence-corrected chi connectivity index (χ1v) is 6.71. The van der Waals surface area contributed by atoms with E-state index in [4.69, 9.17) is 16.3 Å². The summed E-state index contributed by atoms with van der Waals surface area (Å²) < 4.78 is 6.20. The van der Waals surface area contributed by atoms with Crippen molar-refractivity contribution in [3.05, 3.63) is 62.2 Å². The smallest absolute Gasteiger partial charge is 0.193 e. The Labute approximate surface area is 124 Å². The molecule has 0 aliphatic rings. The third kappa shape index (κ3) is 2.84. The predicted octanol–water partition coefficient (Wildman–Crippen LogP) is 4.18.